The van der Waals surface area contributed by atoms with Crippen molar-refractivity contribution in [3.8, 4) is 11.5 Å². The molecule has 0 saturated carbocycles. The van der Waals surface area contributed by atoms with Gasteiger partial charge in [-0.2, -0.15) is 0 Å². The standard InChI is InChI=1S/C18H31ClN2O2.2ClH/c1-5-21(6-2)11-9-10-20-14-15-12-16(19)18(23-8-4)17(13-15)22-7-3;;/h12-13,20H,5-11,14H2,1-4H3;2*1H. The van der Waals surface area contributed by atoms with Gasteiger partial charge in [-0.15, -0.1) is 24.8 Å². The summed E-state index contributed by atoms with van der Waals surface area (Å²) in [6.07, 6.45) is 1.14. The maximum atomic E-state index is 6.33. The molecule has 0 aliphatic carbocycles. The lowest BCUT2D eigenvalue weighted by molar-refractivity contribution is 0.287. The van der Waals surface area contributed by atoms with Gasteiger partial charge in [-0.05, 0) is 64.1 Å². The van der Waals surface area contributed by atoms with Gasteiger partial charge in [0.05, 0.1) is 18.2 Å². The number of ether oxygens (including phenoxy) is 2. The minimum absolute atomic E-state index is 0. The zero-order valence-corrected chi connectivity index (χ0v) is 18.2. The van der Waals surface area contributed by atoms with Gasteiger partial charge < -0.3 is 19.7 Å². The molecule has 1 N–H and O–H groups in total. The van der Waals surface area contributed by atoms with Gasteiger partial charge in [0, 0.05) is 6.54 Å². The van der Waals surface area contributed by atoms with Gasteiger partial charge in [-0.1, -0.05) is 25.4 Å². The number of halogens is 3. The summed E-state index contributed by atoms with van der Waals surface area (Å²) in [5.74, 6) is 1.36. The molecule has 0 spiro atoms. The van der Waals surface area contributed by atoms with E-state index < -0.39 is 0 Å². The summed E-state index contributed by atoms with van der Waals surface area (Å²) in [5.41, 5.74) is 1.12. The highest BCUT2D eigenvalue weighted by Crippen LogP contribution is 2.36. The zero-order valence-electron chi connectivity index (χ0n) is 15.8. The highest BCUT2D eigenvalue weighted by molar-refractivity contribution is 6.32. The van der Waals surface area contributed by atoms with Gasteiger partial charge in [-0.3, -0.25) is 0 Å². The van der Waals surface area contributed by atoms with Crippen LogP contribution < -0.4 is 14.8 Å². The first kappa shape index (κ1) is 26.8. The molecule has 0 aliphatic rings. The Morgan fingerprint density at radius 2 is 1.64 bits per heavy atom. The van der Waals surface area contributed by atoms with E-state index in [9.17, 15) is 0 Å². The number of nitrogens with zero attached hydrogens (tertiary/aromatic N) is 1. The molecule has 0 fully saturated rings. The summed E-state index contributed by atoms with van der Waals surface area (Å²) in [4.78, 5) is 2.43. The molecular weight excluding hydrogens is 383 g/mol. The fourth-order valence-electron chi connectivity index (χ4n) is 2.47. The van der Waals surface area contributed by atoms with Crippen LogP contribution in [-0.2, 0) is 6.54 Å². The molecule has 4 nitrogen and oxygen atoms in total. The molecule has 148 valence electrons. The maximum Gasteiger partial charge on any atom is 0.179 e. The minimum atomic E-state index is 0. The fourth-order valence-corrected chi connectivity index (χ4v) is 2.76. The molecule has 0 atom stereocenters. The van der Waals surface area contributed by atoms with Crippen molar-refractivity contribution in [1.82, 2.24) is 10.2 Å². The molecule has 1 aromatic carbocycles. The van der Waals surface area contributed by atoms with Crippen molar-refractivity contribution in [2.24, 2.45) is 0 Å². The third kappa shape index (κ3) is 9.76. The quantitative estimate of drug-likeness (QED) is 0.497. The topological polar surface area (TPSA) is 33.7 Å². The largest absolute Gasteiger partial charge is 0.490 e. The van der Waals surface area contributed by atoms with Crippen molar-refractivity contribution < 1.29 is 9.47 Å². The first-order chi connectivity index (χ1) is 11.2. The Morgan fingerprint density at radius 3 is 2.20 bits per heavy atom. The number of benzene rings is 1. The Labute approximate surface area is 170 Å². The second-order valence-corrected chi connectivity index (χ2v) is 5.74. The SMILES string of the molecule is CCOc1cc(CNCCCN(CC)CC)cc(Cl)c1OCC.Cl.Cl. The Balaban J connectivity index is 0. The van der Waals surface area contributed by atoms with Gasteiger partial charge in [-0.25, -0.2) is 0 Å². The van der Waals surface area contributed by atoms with Crippen molar-refractivity contribution >= 4 is 36.4 Å². The molecule has 7 heteroatoms. The second kappa shape index (κ2) is 15.8. The molecule has 0 unspecified atom stereocenters. The molecular formula is C18H33Cl3N2O2. The predicted octanol–water partition coefficient (Wildman–Crippen LogP) is 4.80. The number of rotatable bonds is 12. The molecule has 0 aliphatic heterocycles. The average Bonchev–Trinajstić information content (AvgIpc) is 2.54. The van der Waals surface area contributed by atoms with Crippen molar-refractivity contribution in [2.45, 2.75) is 40.7 Å². The summed E-state index contributed by atoms with van der Waals surface area (Å²) in [5, 5.41) is 4.08. The van der Waals surface area contributed by atoms with E-state index >= 15 is 0 Å². The van der Waals surface area contributed by atoms with Gasteiger partial charge >= 0.3 is 0 Å². The molecule has 0 heterocycles. The average molecular weight is 416 g/mol. The normalized spacial score (nSPS) is 10.2. The van der Waals surface area contributed by atoms with E-state index in [1.54, 1.807) is 0 Å². The number of nitrogens with one attached hydrogen (secondary N) is 1. The second-order valence-electron chi connectivity index (χ2n) is 5.33. The van der Waals surface area contributed by atoms with E-state index in [4.69, 9.17) is 21.1 Å². The van der Waals surface area contributed by atoms with E-state index in [0.29, 0.717) is 24.0 Å². The third-order valence-electron chi connectivity index (χ3n) is 3.71. The van der Waals surface area contributed by atoms with Crippen molar-refractivity contribution in [3.63, 3.8) is 0 Å². The van der Waals surface area contributed by atoms with E-state index in [0.717, 1.165) is 50.5 Å². The Kier molecular flexibility index (Phi) is 17.0. The summed E-state index contributed by atoms with van der Waals surface area (Å²) in [6, 6.07) is 3.96. The fraction of sp³-hybridized carbons (Fsp3) is 0.667. The first-order valence-electron chi connectivity index (χ1n) is 8.67. The summed E-state index contributed by atoms with van der Waals surface area (Å²) >= 11 is 6.33. The molecule has 0 bridgehead atoms. The van der Waals surface area contributed by atoms with Crippen LogP contribution in [0.15, 0.2) is 12.1 Å². The monoisotopic (exact) mass is 414 g/mol. The summed E-state index contributed by atoms with van der Waals surface area (Å²) < 4.78 is 11.2. The smallest absolute Gasteiger partial charge is 0.179 e. The van der Waals surface area contributed by atoms with E-state index in [-0.39, 0.29) is 24.8 Å². The minimum Gasteiger partial charge on any atom is -0.490 e. The molecule has 0 amide bonds. The maximum absolute atomic E-state index is 6.33. The third-order valence-corrected chi connectivity index (χ3v) is 3.99. The number of hydrogen-bond donors (Lipinski definition) is 1. The van der Waals surface area contributed by atoms with Crippen LogP contribution >= 0.6 is 36.4 Å². The molecule has 1 rings (SSSR count). The van der Waals surface area contributed by atoms with Gasteiger partial charge in [0.15, 0.2) is 11.5 Å². The van der Waals surface area contributed by atoms with Crippen LogP contribution in [0, 0.1) is 0 Å². The Hall–Kier alpha value is -0.390. The molecule has 0 aromatic heterocycles. The van der Waals surface area contributed by atoms with Gasteiger partial charge in [0.25, 0.3) is 0 Å². The Morgan fingerprint density at radius 1 is 1.00 bits per heavy atom. The van der Waals surface area contributed by atoms with E-state index in [2.05, 4.69) is 24.1 Å². The molecule has 0 saturated heterocycles. The first-order valence-corrected chi connectivity index (χ1v) is 9.05. The molecule has 1 aromatic rings. The van der Waals surface area contributed by atoms with Crippen LogP contribution in [0.4, 0.5) is 0 Å². The highest BCUT2D eigenvalue weighted by Gasteiger charge is 2.12. The van der Waals surface area contributed by atoms with Gasteiger partial charge in [0.2, 0.25) is 0 Å². The zero-order chi connectivity index (χ0) is 17.1. The van der Waals surface area contributed by atoms with Crippen LogP contribution in [-0.4, -0.2) is 44.3 Å². The van der Waals surface area contributed by atoms with Crippen molar-refractivity contribution in [1.29, 1.82) is 0 Å². The van der Waals surface area contributed by atoms with Crippen LogP contribution in [0.1, 0.15) is 39.7 Å². The van der Waals surface area contributed by atoms with Crippen LogP contribution in [0.25, 0.3) is 0 Å². The predicted molar refractivity (Wildman–Crippen MR) is 112 cm³/mol. The van der Waals surface area contributed by atoms with Crippen molar-refractivity contribution in [3.05, 3.63) is 22.7 Å². The van der Waals surface area contributed by atoms with Crippen LogP contribution in [0.5, 0.6) is 11.5 Å². The lowest BCUT2D eigenvalue weighted by Crippen LogP contribution is -2.27. The lowest BCUT2D eigenvalue weighted by Gasteiger charge is -2.18. The molecule has 0 radical (unpaired) electrons. The number of hydrogen-bond acceptors (Lipinski definition) is 4. The Bertz CT molecular complexity index is 458. The summed E-state index contributed by atoms with van der Waals surface area (Å²) in [7, 11) is 0. The van der Waals surface area contributed by atoms with Crippen LogP contribution in [0.3, 0.4) is 0 Å². The van der Waals surface area contributed by atoms with Crippen LogP contribution in [0.2, 0.25) is 5.02 Å². The lowest BCUT2D eigenvalue weighted by atomic mass is 10.2. The van der Waals surface area contributed by atoms with Crippen molar-refractivity contribution in [2.75, 3.05) is 39.4 Å². The van der Waals surface area contributed by atoms with E-state index in [1.807, 2.05) is 26.0 Å². The molecule has 25 heavy (non-hydrogen) atoms. The van der Waals surface area contributed by atoms with E-state index in [1.165, 1.54) is 0 Å². The highest BCUT2D eigenvalue weighted by atomic mass is 35.5. The summed E-state index contributed by atoms with van der Waals surface area (Å²) in [6.45, 7) is 14.6. The van der Waals surface area contributed by atoms with Gasteiger partial charge in [0.1, 0.15) is 0 Å².